The Kier molecular flexibility index (Phi) is 4.83. The molecular formula is C16H17N9O. The van der Waals surface area contributed by atoms with Crippen LogP contribution in [0.1, 0.15) is 11.6 Å². The Labute approximate surface area is 148 Å². The maximum Gasteiger partial charge on any atom is 0.172 e. The number of phenols is 1. The summed E-state index contributed by atoms with van der Waals surface area (Å²) in [5, 5.41) is 32.3. The van der Waals surface area contributed by atoms with Crippen LogP contribution in [-0.2, 0) is 0 Å². The highest BCUT2D eigenvalue weighted by Crippen LogP contribution is 2.11. The Bertz CT molecular complexity index is 892. The van der Waals surface area contributed by atoms with E-state index in [1.807, 2.05) is 12.1 Å². The molecule has 4 rings (SSSR count). The van der Waals surface area contributed by atoms with E-state index in [0.29, 0.717) is 11.6 Å². The molecule has 0 amide bonds. The average molecular weight is 351 g/mol. The molecule has 0 saturated heterocycles. The molecule has 4 aromatic rings. The highest BCUT2D eigenvalue weighted by molar-refractivity contribution is 5.44. The van der Waals surface area contributed by atoms with Crippen LogP contribution in [0, 0.1) is 13.8 Å². The minimum atomic E-state index is 0.223. The molecule has 132 valence electrons. The van der Waals surface area contributed by atoms with Crippen LogP contribution in [0.2, 0.25) is 0 Å². The van der Waals surface area contributed by atoms with Crippen LogP contribution in [0.3, 0.4) is 0 Å². The largest absolute Gasteiger partial charge is 0.508 e. The molecule has 2 aromatic heterocycles. The van der Waals surface area contributed by atoms with Gasteiger partial charge in [0.2, 0.25) is 0 Å². The molecule has 0 aliphatic carbocycles. The van der Waals surface area contributed by atoms with E-state index in [9.17, 15) is 0 Å². The second-order valence-corrected chi connectivity index (χ2v) is 5.36. The van der Waals surface area contributed by atoms with Crippen LogP contribution in [0.5, 0.6) is 5.75 Å². The molecule has 0 radical (unpaired) electrons. The number of hydrogen-bond donors (Lipinski definition) is 2. The number of phenolic OH excluding ortho intramolecular Hbond substituents is 1. The van der Waals surface area contributed by atoms with Crippen LogP contribution in [0.4, 0.5) is 5.69 Å². The number of nitrogens with zero attached hydrogens (tertiary/aromatic N) is 8. The highest BCUT2D eigenvalue weighted by Gasteiger charge is 2.00. The van der Waals surface area contributed by atoms with Gasteiger partial charge in [0.15, 0.2) is 11.6 Å². The third-order valence-electron chi connectivity index (χ3n) is 3.23. The van der Waals surface area contributed by atoms with E-state index in [4.69, 9.17) is 10.8 Å². The first-order chi connectivity index (χ1) is 12.5. The number of aromatic nitrogens is 8. The Balaban J connectivity index is 0.000000151. The molecule has 0 unspecified atom stereocenters. The van der Waals surface area contributed by atoms with Crippen molar-refractivity contribution in [1.82, 2.24) is 40.4 Å². The van der Waals surface area contributed by atoms with Gasteiger partial charge in [0.25, 0.3) is 0 Å². The fourth-order valence-electron chi connectivity index (χ4n) is 1.98. The molecule has 0 aliphatic rings. The van der Waals surface area contributed by atoms with Crippen LogP contribution >= 0.6 is 0 Å². The molecule has 0 spiro atoms. The summed E-state index contributed by atoms with van der Waals surface area (Å²) in [5.74, 6) is 1.49. The normalized spacial score (nSPS) is 10.2. The first-order valence-electron chi connectivity index (χ1n) is 7.70. The number of nitrogen functional groups attached to an aromatic ring is 1. The summed E-state index contributed by atoms with van der Waals surface area (Å²) in [6.07, 6.45) is 0. The topological polar surface area (TPSA) is 133 Å². The van der Waals surface area contributed by atoms with Crippen LogP contribution in [0.15, 0.2) is 48.5 Å². The van der Waals surface area contributed by atoms with Gasteiger partial charge in [0, 0.05) is 5.69 Å². The van der Waals surface area contributed by atoms with E-state index in [0.717, 1.165) is 17.1 Å². The lowest BCUT2D eigenvalue weighted by Crippen LogP contribution is -1.99. The Morgan fingerprint density at radius 1 is 0.731 bits per heavy atom. The quantitative estimate of drug-likeness (QED) is 0.515. The number of aryl methyl sites for hydroxylation is 2. The van der Waals surface area contributed by atoms with Gasteiger partial charge in [-0.2, -0.15) is 0 Å². The number of anilines is 1. The smallest absolute Gasteiger partial charge is 0.172 e. The first-order valence-corrected chi connectivity index (χ1v) is 7.70. The lowest BCUT2D eigenvalue weighted by atomic mass is 10.3. The SMILES string of the molecule is Cc1nnn(-c2ccc(N)cc2)n1.Cc1nnn(-c2ccc(O)cc2)n1. The molecule has 0 fully saturated rings. The van der Waals surface area contributed by atoms with Gasteiger partial charge >= 0.3 is 0 Å². The lowest BCUT2D eigenvalue weighted by molar-refractivity contribution is 0.475. The van der Waals surface area contributed by atoms with Crippen LogP contribution in [-0.4, -0.2) is 45.5 Å². The number of nitrogens with two attached hydrogens (primary N) is 1. The minimum absolute atomic E-state index is 0.223. The van der Waals surface area contributed by atoms with Gasteiger partial charge in [-0.1, -0.05) is 0 Å². The van der Waals surface area contributed by atoms with Crippen molar-refractivity contribution in [2.45, 2.75) is 13.8 Å². The number of hydrogen-bond acceptors (Lipinski definition) is 8. The fraction of sp³-hybridized carbons (Fsp3) is 0.125. The van der Waals surface area contributed by atoms with E-state index < -0.39 is 0 Å². The van der Waals surface area contributed by atoms with Crippen LogP contribution in [0.25, 0.3) is 11.4 Å². The molecule has 0 aliphatic heterocycles. The zero-order chi connectivity index (χ0) is 18.5. The van der Waals surface area contributed by atoms with Crippen LogP contribution < -0.4 is 5.73 Å². The standard InChI is InChI=1S/C8H9N5.C8H8N4O/c1-6-10-12-13(11-6)8-4-2-7(9)3-5-8;1-6-9-11-12(10-6)7-2-4-8(13)5-3-7/h2-5H,9H2,1H3;2-5,13H,1H3. The number of tetrazole rings is 2. The van der Waals surface area contributed by atoms with E-state index >= 15 is 0 Å². The Morgan fingerprint density at radius 3 is 1.54 bits per heavy atom. The van der Waals surface area contributed by atoms with Crippen molar-refractivity contribution in [3.63, 3.8) is 0 Å². The minimum Gasteiger partial charge on any atom is -0.508 e. The van der Waals surface area contributed by atoms with Gasteiger partial charge in [0.05, 0.1) is 11.4 Å². The molecule has 0 atom stereocenters. The second-order valence-electron chi connectivity index (χ2n) is 5.36. The molecule has 0 bridgehead atoms. The Morgan fingerprint density at radius 2 is 1.15 bits per heavy atom. The summed E-state index contributed by atoms with van der Waals surface area (Å²) >= 11 is 0. The second kappa shape index (κ2) is 7.38. The summed E-state index contributed by atoms with van der Waals surface area (Å²) in [5.41, 5.74) is 7.90. The summed E-state index contributed by atoms with van der Waals surface area (Å²) in [6.45, 7) is 3.56. The van der Waals surface area contributed by atoms with Crippen molar-refractivity contribution < 1.29 is 5.11 Å². The monoisotopic (exact) mass is 351 g/mol. The van der Waals surface area contributed by atoms with E-state index in [2.05, 4.69) is 30.8 Å². The summed E-state index contributed by atoms with van der Waals surface area (Å²) in [7, 11) is 0. The Hall–Kier alpha value is -3.82. The zero-order valence-electron chi connectivity index (χ0n) is 14.2. The van der Waals surface area contributed by atoms with Gasteiger partial charge in [-0.3, -0.25) is 0 Å². The number of benzene rings is 2. The van der Waals surface area contributed by atoms with Crippen molar-refractivity contribution >= 4 is 5.69 Å². The number of rotatable bonds is 2. The molecule has 3 N–H and O–H groups in total. The first kappa shape index (κ1) is 17.0. The lowest BCUT2D eigenvalue weighted by Gasteiger charge is -1.97. The summed E-state index contributed by atoms with van der Waals surface area (Å²) in [4.78, 5) is 2.88. The van der Waals surface area contributed by atoms with Crippen molar-refractivity contribution in [1.29, 1.82) is 0 Å². The third kappa shape index (κ3) is 4.17. The average Bonchev–Trinajstić information content (AvgIpc) is 3.25. The van der Waals surface area contributed by atoms with Gasteiger partial charge in [-0.05, 0) is 72.8 Å². The molecular weight excluding hydrogens is 334 g/mol. The maximum absolute atomic E-state index is 9.04. The number of aromatic hydroxyl groups is 1. The van der Waals surface area contributed by atoms with E-state index in [-0.39, 0.29) is 5.75 Å². The van der Waals surface area contributed by atoms with Crippen molar-refractivity contribution in [3.8, 4) is 17.1 Å². The predicted octanol–water partition coefficient (Wildman–Crippen LogP) is 1.23. The molecule has 2 aromatic carbocycles. The predicted molar refractivity (Wildman–Crippen MR) is 93.9 cm³/mol. The van der Waals surface area contributed by atoms with Gasteiger partial charge in [-0.15, -0.1) is 30.0 Å². The molecule has 10 heteroatoms. The molecule has 2 heterocycles. The maximum atomic E-state index is 9.04. The van der Waals surface area contributed by atoms with Gasteiger partial charge < -0.3 is 10.8 Å². The van der Waals surface area contributed by atoms with E-state index in [1.54, 1.807) is 50.2 Å². The summed E-state index contributed by atoms with van der Waals surface area (Å²) in [6, 6.07) is 13.9. The van der Waals surface area contributed by atoms with Crippen molar-refractivity contribution in [2.24, 2.45) is 0 Å². The van der Waals surface area contributed by atoms with E-state index in [1.165, 1.54) is 9.59 Å². The highest BCUT2D eigenvalue weighted by atomic mass is 16.3. The molecule has 26 heavy (non-hydrogen) atoms. The van der Waals surface area contributed by atoms with Crippen molar-refractivity contribution in [2.75, 3.05) is 5.73 Å². The summed E-state index contributed by atoms with van der Waals surface area (Å²) < 4.78 is 0. The third-order valence-corrected chi connectivity index (χ3v) is 3.23. The molecule has 10 nitrogen and oxygen atoms in total. The zero-order valence-corrected chi connectivity index (χ0v) is 14.2. The van der Waals surface area contributed by atoms with Gasteiger partial charge in [-0.25, -0.2) is 0 Å². The molecule has 0 saturated carbocycles. The van der Waals surface area contributed by atoms with Crippen molar-refractivity contribution in [3.05, 3.63) is 60.2 Å². The fourth-order valence-corrected chi connectivity index (χ4v) is 1.98. The van der Waals surface area contributed by atoms with Gasteiger partial charge in [0.1, 0.15) is 5.75 Å².